The van der Waals surface area contributed by atoms with Crippen LogP contribution in [0.4, 0.5) is 26.3 Å². The summed E-state index contributed by atoms with van der Waals surface area (Å²) in [6.45, 7) is 0. The predicted molar refractivity (Wildman–Crippen MR) is 122 cm³/mol. The molecular formula is C22H10F6N4O2S3. The lowest BCUT2D eigenvalue weighted by atomic mass is 10.2. The number of hydrogen-bond acceptors (Lipinski definition) is 9. The first-order valence-electron chi connectivity index (χ1n) is 10.0. The lowest BCUT2D eigenvalue weighted by molar-refractivity contribution is -0.144. The van der Waals surface area contributed by atoms with Gasteiger partial charge in [-0.05, 0) is 47.8 Å². The van der Waals surface area contributed by atoms with E-state index in [1.165, 1.54) is 0 Å². The largest absolute Gasteiger partial charge is 0.437 e. The van der Waals surface area contributed by atoms with Crippen molar-refractivity contribution in [1.29, 1.82) is 0 Å². The Bertz CT molecular complexity index is 1400. The summed E-state index contributed by atoms with van der Waals surface area (Å²) in [4.78, 5) is 7.17. The summed E-state index contributed by atoms with van der Waals surface area (Å²) < 4.78 is 92.2. The molecule has 0 radical (unpaired) electrons. The quantitative estimate of drug-likeness (QED) is 0.189. The van der Waals surface area contributed by atoms with Crippen LogP contribution >= 0.6 is 34.9 Å². The molecule has 190 valence electrons. The molecule has 0 saturated heterocycles. The van der Waals surface area contributed by atoms with Crippen LogP contribution in [0.1, 0.15) is 11.4 Å². The van der Waals surface area contributed by atoms with Crippen molar-refractivity contribution >= 4 is 34.9 Å². The van der Waals surface area contributed by atoms with Crippen LogP contribution in [0.25, 0.3) is 22.9 Å². The van der Waals surface area contributed by atoms with E-state index >= 15 is 0 Å². The van der Waals surface area contributed by atoms with Gasteiger partial charge in [-0.2, -0.15) is 26.3 Å². The first-order chi connectivity index (χ1) is 17.6. The van der Waals surface area contributed by atoms with Gasteiger partial charge in [0.1, 0.15) is 0 Å². The molecule has 0 aliphatic heterocycles. The van der Waals surface area contributed by atoms with E-state index in [9.17, 15) is 26.3 Å². The van der Waals surface area contributed by atoms with Gasteiger partial charge in [-0.25, -0.2) is 9.97 Å². The molecule has 3 heterocycles. The number of hydrogen-bond donors (Lipinski definition) is 0. The van der Waals surface area contributed by atoms with Gasteiger partial charge in [0.15, 0.2) is 20.1 Å². The average molecular weight is 573 g/mol. The smallest absolute Gasteiger partial charge is 0.429 e. The fourth-order valence-electron chi connectivity index (χ4n) is 2.96. The lowest BCUT2D eigenvalue weighted by Crippen LogP contribution is -2.06. The Labute approximate surface area is 216 Å². The van der Waals surface area contributed by atoms with E-state index < -0.39 is 33.9 Å². The summed E-state index contributed by atoms with van der Waals surface area (Å²) in [5, 5.41) is 6.43. The molecule has 0 saturated carbocycles. The van der Waals surface area contributed by atoms with Crippen LogP contribution in [0.2, 0.25) is 0 Å². The Hall–Kier alpha value is -3.30. The van der Waals surface area contributed by atoms with Crippen LogP contribution in [0, 0.1) is 0 Å². The Morgan fingerprint density at radius 2 is 0.973 bits per heavy atom. The normalized spacial score (nSPS) is 12.3. The zero-order chi connectivity index (χ0) is 26.2. The molecule has 15 heteroatoms. The van der Waals surface area contributed by atoms with Crippen molar-refractivity contribution in [3.8, 4) is 22.9 Å². The van der Waals surface area contributed by atoms with Crippen molar-refractivity contribution in [3.05, 3.63) is 72.1 Å². The monoisotopic (exact) mass is 572 g/mol. The minimum absolute atomic E-state index is 0.000110. The van der Waals surface area contributed by atoms with E-state index in [0.29, 0.717) is 34.7 Å². The predicted octanol–water partition coefficient (Wildman–Crippen LogP) is 8.19. The van der Waals surface area contributed by atoms with E-state index in [4.69, 9.17) is 8.83 Å². The van der Waals surface area contributed by atoms with Crippen molar-refractivity contribution in [3.63, 3.8) is 0 Å². The van der Waals surface area contributed by atoms with Crippen LogP contribution in [-0.4, -0.2) is 20.2 Å². The molecule has 5 rings (SSSR count). The second-order valence-corrected chi connectivity index (χ2v) is 10.5. The highest BCUT2D eigenvalue weighted by Crippen LogP contribution is 2.46. The summed E-state index contributed by atoms with van der Waals surface area (Å²) in [6, 6.07) is 16.0. The topological polar surface area (TPSA) is 77.8 Å². The minimum Gasteiger partial charge on any atom is -0.429 e. The van der Waals surface area contributed by atoms with Gasteiger partial charge in [-0.3, -0.25) is 0 Å². The van der Waals surface area contributed by atoms with Gasteiger partial charge in [0.25, 0.3) is 0 Å². The molecule has 6 nitrogen and oxygen atoms in total. The summed E-state index contributed by atoms with van der Waals surface area (Å²) in [5.41, 5.74) is -1.81. The zero-order valence-electron chi connectivity index (χ0n) is 17.9. The molecule has 0 unspecified atom stereocenters. The SMILES string of the molecule is FC(F)(F)c1nc(-c2ccccc2)oc1Sc1nnc(Sc2oc(-c3ccccc3)nc2C(F)(F)F)s1. The molecule has 0 aliphatic rings. The molecule has 2 aromatic carbocycles. The molecule has 0 bridgehead atoms. The molecule has 0 aliphatic carbocycles. The van der Waals surface area contributed by atoms with Gasteiger partial charge in [-0.15, -0.1) is 10.2 Å². The maximum atomic E-state index is 13.6. The molecule has 0 amide bonds. The Balaban J connectivity index is 1.42. The second kappa shape index (κ2) is 9.87. The Morgan fingerprint density at radius 3 is 1.32 bits per heavy atom. The zero-order valence-corrected chi connectivity index (χ0v) is 20.3. The van der Waals surface area contributed by atoms with Crippen molar-refractivity contribution < 1.29 is 35.2 Å². The van der Waals surface area contributed by atoms with Crippen molar-refractivity contribution in [2.45, 2.75) is 31.2 Å². The van der Waals surface area contributed by atoms with Crippen LogP contribution in [-0.2, 0) is 12.4 Å². The standard InChI is InChI=1S/C22H10F6N4O2S3/c23-21(24,25)13-17(33-15(29-13)11-7-3-1-4-8-11)35-19-31-32-20(37-19)36-18-14(22(26,27)28)30-16(34-18)12-9-5-2-6-10-12/h1-10H. The van der Waals surface area contributed by atoms with Gasteiger partial charge in [0.2, 0.25) is 22.0 Å². The number of alkyl halides is 6. The molecule has 0 N–H and O–H groups in total. The molecule has 3 aromatic heterocycles. The number of rotatable bonds is 6. The average Bonchev–Trinajstić information content (AvgIpc) is 3.59. The summed E-state index contributed by atoms with van der Waals surface area (Å²) in [6.07, 6.45) is -9.62. The van der Waals surface area contributed by atoms with Gasteiger partial charge < -0.3 is 8.83 Å². The van der Waals surface area contributed by atoms with Crippen LogP contribution in [0.5, 0.6) is 0 Å². The minimum atomic E-state index is -4.81. The third kappa shape index (κ3) is 5.67. The Morgan fingerprint density at radius 1 is 0.595 bits per heavy atom. The third-order valence-corrected chi connectivity index (χ3v) is 7.47. The second-order valence-electron chi connectivity index (χ2n) is 7.08. The van der Waals surface area contributed by atoms with E-state index in [1.807, 2.05) is 0 Å². The maximum Gasteiger partial charge on any atom is 0.437 e. The first kappa shape index (κ1) is 25.4. The maximum absolute atomic E-state index is 13.6. The van der Waals surface area contributed by atoms with Crippen LogP contribution in [0.15, 0.2) is 88.4 Å². The van der Waals surface area contributed by atoms with Gasteiger partial charge in [0, 0.05) is 11.1 Å². The molecule has 0 fully saturated rings. The van der Waals surface area contributed by atoms with Crippen molar-refractivity contribution in [1.82, 2.24) is 20.2 Å². The van der Waals surface area contributed by atoms with Crippen molar-refractivity contribution in [2.24, 2.45) is 0 Å². The van der Waals surface area contributed by atoms with Crippen LogP contribution < -0.4 is 0 Å². The molecular weight excluding hydrogens is 562 g/mol. The third-order valence-electron chi connectivity index (χ3n) is 4.52. The summed E-state index contributed by atoms with van der Waals surface area (Å²) in [5.74, 6) is -0.473. The summed E-state index contributed by atoms with van der Waals surface area (Å²) >= 11 is 1.79. The highest BCUT2D eigenvalue weighted by atomic mass is 32.2. The highest BCUT2D eigenvalue weighted by molar-refractivity contribution is 8.03. The van der Waals surface area contributed by atoms with E-state index in [2.05, 4.69) is 20.2 Å². The van der Waals surface area contributed by atoms with Gasteiger partial charge >= 0.3 is 12.4 Å². The fourth-order valence-corrected chi connectivity index (χ4v) is 5.93. The van der Waals surface area contributed by atoms with Crippen molar-refractivity contribution in [2.75, 3.05) is 0 Å². The summed E-state index contributed by atoms with van der Waals surface area (Å²) in [7, 11) is 0. The van der Waals surface area contributed by atoms with E-state index in [0.717, 1.165) is 11.3 Å². The van der Waals surface area contributed by atoms with Crippen LogP contribution in [0.3, 0.4) is 0 Å². The van der Waals surface area contributed by atoms with Gasteiger partial charge in [-0.1, -0.05) is 47.7 Å². The van der Waals surface area contributed by atoms with E-state index in [-0.39, 0.29) is 20.5 Å². The first-order valence-corrected chi connectivity index (χ1v) is 12.5. The fraction of sp³-hybridized carbons (Fsp3) is 0.0909. The molecule has 0 atom stereocenters. The highest BCUT2D eigenvalue weighted by Gasteiger charge is 2.41. The molecule has 0 spiro atoms. The molecule has 5 aromatic rings. The number of halogens is 6. The van der Waals surface area contributed by atoms with Gasteiger partial charge in [0.05, 0.1) is 0 Å². The number of aromatic nitrogens is 4. The lowest BCUT2D eigenvalue weighted by Gasteiger charge is -2.02. The Kier molecular flexibility index (Phi) is 6.76. The number of nitrogens with zero attached hydrogens (tertiary/aromatic N) is 4. The number of oxazole rings is 2. The molecule has 37 heavy (non-hydrogen) atoms. The number of benzene rings is 2. The van der Waals surface area contributed by atoms with E-state index in [1.54, 1.807) is 60.7 Å².